The van der Waals surface area contributed by atoms with E-state index in [-0.39, 0.29) is 18.2 Å². The van der Waals surface area contributed by atoms with Gasteiger partial charge in [0, 0.05) is 12.0 Å². The fraction of sp³-hybridized carbons (Fsp3) is 0.929. The molecule has 1 amide bonds. The van der Waals surface area contributed by atoms with Crippen LogP contribution in [0.15, 0.2) is 0 Å². The maximum absolute atomic E-state index is 11.6. The Hall–Kier alpha value is -0.416. The predicted molar refractivity (Wildman–Crippen MR) is 93.4 cm³/mol. The second-order valence-corrected chi connectivity index (χ2v) is 8.79. The molecule has 0 aromatic rings. The highest BCUT2D eigenvalue weighted by atomic mass is 28.2. The fourth-order valence-corrected chi connectivity index (χ4v) is 3.99. The summed E-state index contributed by atoms with van der Waals surface area (Å²) in [7, 11) is -1.17. The number of rotatable bonds is 9. The van der Waals surface area contributed by atoms with Crippen LogP contribution in [0.25, 0.3) is 0 Å². The molecule has 0 rings (SSSR count). The summed E-state index contributed by atoms with van der Waals surface area (Å²) in [5, 5.41) is 12.7. The Morgan fingerprint density at radius 2 is 1.64 bits per heavy atom. The van der Waals surface area contributed by atoms with Crippen molar-refractivity contribution in [2.75, 3.05) is 6.54 Å². The van der Waals surface area contributed by atoms with Crippen molar-refractivity contribution in [2.24, 2.45) is 5.41 Å². The fourth-order valence-electron chi connectivity index (χ4n) is 2.09. The number of carbonyl (C=O) groups is 1. The number of ether oxygens (including phenoxy) is 1. The van der Waals surface area contributed by atoms with Crippen LogP contribution in [-0.4, -0.2) is 55.3 Å². The number of aliphatic hydroxyl groups excluding tert-OH is 1. The van der Waals surface area contributed by atoms with E-state index < -0.39 is 37.3 Å². The first-order valence-electron chi connectivity index (χ1n) is 7.90. The summed E-state index contributed by atoms with van der Waals surface area (Å²) < 4.78 is 16.7. The van der Waals surface area contributed by atoms with Gasteiger partial charge in [-0.2, -0.15) is 0 Å². The first kappa shape index (κ1) is 21.6. The lowest BCUT2D eigenvalue weighted by Gasteiger charge is -2.36. The minimum absolute atomic E-state index is 0.151. The van der Waals surface area contributed by atoms with Crippen molar-refractivity contribution in [2.45, 2.75) is 72.1 Å². The van der Waals surface area contributed by atoms with Gasteiger partial charge in [0.2, 0.25) is 0 Å². The Morgan fingerprint density at radius 1 is 1.14 bits per heavy atom. The van der Waals surface area contributed by atoms with Gasteiger partial charge in [0.25, 0.3) is 0 Å². The Kier molecular flexibility index (Phi) is 9.48. The maximum Gasteiger partial charge on any atom is 0.407 e. The van der Waals surface area contributed by atoms with Crippen LogP contribution in [-0.2, 0) is 13.6 Å². The van der Waals surface area contributed by atoms with Crippen LogP contribution in [0, 0.1) is 5.41 Å². The number of carbonyl (C=O) groups excluding carboxylic acids is 1. The average molecular weight is 352 g/mol. The molecule has 0 aliphatic carbocycles. The number of amides is 1. The van der Waals surface area contributed by atoms with E-state index in [1.54, 1.807) is 20.8 Å². The Morgan fingerprint density at radius 3 is 2.05 bits per heavy atom. The third-order valence-corrected chi connectivity index (χ3v) is 4.19. The van der Waals surface area contributed by atoms with Crippen LogP contribution in [0.2, 0.25) is 13.1 Å². The molecule has 0 aliphatic heterocycles. The van der Waals surface area contributed by atoms with Crippen LogP contribution in [0.1, 0.15) is 41.0 Å². The van der Waals surface area contributed by atoms with E-state index in [0.29, 0.717) is 6.42 Å². The van der Waals surface area contributed by atoms with Gasteiger partial charge < -0.3 is 24.0 Å². The molecule has 0 aromatic carbocycles. The van der Waals surface area contributed by atoms with Gasteiger partial charge in [-0.25, -0.2) is 4.79 Å². The van der Waals surface area contributed by atoms with Gasteiger partial charge in [-0.05, 0) is 27.2 Å². The number of hydrogen-bond acceptors (Lipinski definition) is 5. The number of hydrogen-bond donors (Lipinski definition) is 2. The van der Waals surface area contributed by atoms with Crippen LogP contribution in [0.3, 0.4) is 0 Å². The summed E-state index contributed by atoms with van der Waals surface area (Å²) in [6.45, 7) is 13.7. The topological polar surface area (TPSA) is 77.0 Å². The zero-order valence-electron chi connectivity index (χ0n) is 15.1. The van der Waals surface area contributed by atoms with E-state index in [1.807, 2.05) is 13.8 Å². The highest BCUT2D eigenvalue weighted by Gasteiger charge is 2.32. The van der Waals surface area contributed by atoms with Crippen molar-refractivity contribution in [3.8, 4) is 0 Å². The third-order valence-electron chi connectivity index (χ3n) is 2.92. The number of nitrogens with one attached hydrogen (secondary N) is 1. The summed E-state index contributed by atoms with van der Waals surface area (Å²) in [6, 6.07) is 0. The van der Waals surface area contributed by atoms with Crippen molar-refractivity contribution in [3.63, 3.8) is 0 Å². The lowest BCUT2D eigenvalue weighted by atomic mass is 9.86. The van der Waals surface area contributed by atoms with Crippen molar-refractivity contribution >= 4 is 25.6 Å². The summed E-state index contributed by atoms with van der Waals surface area (Å²) >= 11 is 0. The van der Waals surface area contributed by atoms with Crippen LogP contribution >= 0.6 is 0 Å². The molecule has 0 radical (unpaired) electrons. The minimum atomic E-state index is -0.672. The normalized spacial score (nSPS) is 16.4. The van der Waals surface area contributed by atoms with Crippen molar-refractivity contribution in [3.05, 3.63) is 0 Å². The zero-order valence-corrected chi connectivity index (χ0v) is 17.9. The van der Waals surface area contributed by atoms with E-state index in [2.05, 4.69) is 18.4 Å². The first-order valence-corrected chi connectivity index (χ1v) is 11.9. The van der Waals surface area contributed by atoms with E-state index in [4.69, 9.17) is 13.6 Å². The molecule has 0 heterocycles. The van der Waals surface area contributed by atoms with Crippen LogP contribution < -0.4 is 5.32 Å². The van der Waals surface area contributed by atoms with Crippen molar-refractivity contribution < 1.29 is 23.5 Å². The molecule has 6 nitrogen and oxygen atoms in total. The van der Waals surface area contributed by atoms with Crippen LogP contribution in [0.4, 0.5) is 4.79 Å². The third kappa shape index (κ3) is 9.57. The molecule has 132 valence electrons. The van der Waals surface area contributed by atoms with E-state index in [9.17, 15) is 9.90 Å². The zero-order chi connectivity index (χ0) is 17.4. The predicted octanol–water partition coefficient (Wildman–Crippen LogP) is 0.911. The summed E-state index contributed by atoms with van der Waals surface area (Å²) in [5.74, 6) is 0. The molecule has 0 fully saturated rings. The maximum atomic E-state index is 11.6. The highest BCUT2D eigenvalue weighted by molar-refractivity contribution is 6.26. The molecule has 22 heavy (non-hydrogen) atoms. The summed E-state index contributed by atoms with van der Waals surface area (Å²) in [5.41, 5.74) is -0.848. The molecular formula is C14H33NO5Si2. The average Bonchev–Trinajstić information content (AvgIpc) is 2.33. The smallest absolute Gasteiger partial charge is 0.407 e. The Balaban J connectivity index is 4.37. The second kappa shape index (κ2) is 9.66. The van der Waals surface area contributed by atoms with Crippen molar-refractivity contribution in [1.82, 2.24) is 5.32 Å². The Labute approximate surface area is 139 Å². The molecule has 1 unspecified atom stereocenters. The van der Waals surface area contributed by atoms with Gasteiger partial charge in [-0.15, -0.1) is 0 Å². The lowest BCUT2D eigenvalue weighted by molar-refractivity contribution is -0.0947. The molecule has 8 heteroatoms. The number of aliphatic hydroxyl groups is 1. The SMILES string of the molecule is C[SiH2]OC(O[SiH2]C)C(C)(C)CC(O)CNC(=O)OC(C)(C)C. The molecule has 0 aliphatic rings. The van der Waals surface area contributed by atoms with Gasteiger partial charge >= 0.3 is 6.09 Å². The standard InChI is InChI=1S/C14H33NO5Si2/c1-13(2,3)18-12(17)15-9-10(16)8-14(4,5)11(19-21-6)20-22-7/h10-11,16H,8-9,21-22H2,1-7H3,(H,15,17). The largest absolute Gasteiger partial charge is 0.444 e. The quantitative estimate of drug-likeness (QED) is 0.477. The lowest BCUT2D eigenvalue weighted by Crippen LogP contribution is -2.42. The Bertz CT molecular complexity index is 328. The summed E-state index contributed by atoms with van der Waals surface area (Å²) in [4.78, 5) is 11.6. The minimum Gasteiger partial charge on any atom is -0.444 e. The molecular weight excluding hydrogens is 318 g/mol. The molecule has 0 aromatic heterocycles. The number of alkyl carbamates (subject to hydrolysis) is 1. The van der Waals surface area contributed by atoms with Gasteiger partial charge in [-0.3, -0.25) is 0 Å². The first-order chi connectivity index (χ1) is 10.0. The molecule has 0 spiro atoms. The van der Waals surface area contributed by atoms with Gasteiger partial charge in [0.15, 0.2) is 19.5 Å². The molecule has 0 saturated carbocycles. The van der Waals surface area contributed by atoms with Gasteiger partial charge in [0.1, 0.15) is 11.9 Å². The van der Waals surface area contributed by atoms with Gasteiger partial charge in [0.05, 0.1) is 6.10 Å². The van der Waals surface area contributed by atoms with E-state index >= 15 is 0 Å². The van der Waals surface area contributed by atoms with E-state index in [1.165, 1.54) is 0 Å². The second-order valence-electron chi connectivity index (χ2n) is 6.97. The van der Waals surface area contributed by atoms with Crippen LogP contribution in [0.5, 0.6) is 0 Å². The summed E-state index contributed by atoms with van der Waals surface area (Å²) in [6.07, 6.45) is -0.974. The monoisotopic (exact) mass is 351 g/mol. The van der Waals surface area contributed by atoms with E-state index in [0.717, 1.165) is 0 Å². The molecule has 1 atom stereocenters. The highest BCUT2D eigenvalue weighted by Crippen LogP contribution is 2.29. The molecule has 0 bridgehead atoms. The molecule has 2 N–H and O–H groups in total. The van der Waals surface area contributed by atoms with Crippen molar-refractivity contribution in [1.29, 1.82) is 0 Å². The van der Waals surface area contributed by atoms with Gasteiger partial charge in [-0.1, -0.05) is 26.9 Å². The molecule has 0 saturated heterocycles.